The number of methoxy groups -OCH3 is 1. The van der Waals surface area contributed by atoms with Crippen molar-refractivity contribution in [3.8, 4) is 0 Å². The highest BCUT2D eigenvalue weighted by Crippen LogP contribution is 2.20. The first-order valence-corrected chi connectivity index (χ1v) is 3.68. The number of aromatic nitrogens is 1. The first-order valence-electron chi connectivity index (χ1n) is 3.30. The van der Waals surface area contributed by atoms with Gasteiger partial charge in [-0.05, 0) is 6.07 Å². The number of esters is 1. The third-order valence-electron chi connectivity index (χ3n) is 1.36. The molecule has 1 rings (SSSR count). The van der Waals surface area contributed by atoms with Gasteiger partial charge in [-0.2, -0.15) is 0 Å². The molecule has 0 saturated heterocycles. The summed E-state index contributed by atoms with van der Waals surface area (Å²) in [5, 5.41) is 0.174. The molecule has 0 radical (unpaired) electrons. The molecule has 0 aliphatic rings. The van der Waals surface area contributed by atoms with Gasteiger partial charge in [-0.15, -0.1) is 4.98 Å². The number of nitrogens with zero attached hydrogens (tertiary/aromatic N) is 2. The Balaban J connectivity index is 3.14. The minimum absolute atomic E-state index is 0.151. The smallest absolute Gasteiger partial charge is 0.343 e. The summed E-state index contributed by atoms with van der Waals surface area (Å²) >= 11 is 5.70. The molecule has 0 unspecified atom stereocenters. The maximum absolute atomic E-state index is 11.0. The van der Waals surface area contributed by atoms with Crippen molar-refractivity contribution in [1.29, 1.82) is 0 Å². The maximum Gasteiger partial charge on any atom is 0.343 e. The van der Waals surface area contributed by atoms with Gasteiger partial charge >= 0.3 is 5.97 Å². The summed E-state index contributed by atoms with van der Waals surface area (Å²) in [6, 6.07) is 1.32. The van der Waals surface area contributed by atoms with E-state index in [4.69, 9.17) is 18.2 Å². The second kappa shape index (κ2) is 3.87. The van der Waals surface area contributed by atoms with Crippen molar-refractivity contribution in [1.82, 2.24) is 4.98 Å². The number of halogens is 1. The van der Waals surface area contributed by atoms with Crippen molar-refractivity contribution in [2.75, 3.05) is 7.11 Å². The lowest BCUT2D eigenvalue weighted by Crippen LogP contribution is -2.02. The van der Waals surface area contributed by atoms with Crippen LogP contribution in [0, 0.1) is 6.57 Å². The van der Waals surface area contributed by atoms with Gasteiger partial charge in [0.05, 0.1) is 12.1 Å². The quantitative estimate of drug-likeness (QED) is 0.510. The number of hydrogen-bond acceptors (Lipinski definition) is 3. The monoisotopic (exact) mass is 196 g/mol. The van der Waals surface area contributed by atoms with Crippen LogP contribution in [0.25, 0.3) is 4.85 Å². The molecule has 1 aromatic rings. The van der Waals surface area contributed by atoms with Gasteiger partial charge in [-0.3, -0.25) is 0 Å². The van der Waals surface area contributed by atoms with E-state index in [1.165, 1.54) is 19.4 Å². The zero-order valence-corrected chi connectivity index (χ0v) is 7.50. The van der Waals surface area contributed by atoms with Crippen LogP contribution in [0.5, 0.6) is 0 Å². The Morgan fingerprint density at radius 2 is 2.46 bits per heavy atom. The molecule has 0 N–H and O–H groups in total. The second-order valence-corrected chi connectivity index (χ2v) is 2.53. The molecule has 1 heterocycles. The average Bonchev–Trinajstić information content (AvgIpc) is 2.16. The Labute approximate surface area is 79.9 Å². The summed E-state index contributed by atoms with van der Waals surface area (Å²) in [6.07, 6.45) is 1.22. The summed E-state index contributed by atoms with van der Waals surface area (Å²) in [6.45, 7) is 6.65. The molecule has 0 saturated carbocycles. The highest BCUT2D eigenvalue weighted by molar-refractivity contribution is 6.33. The molecular weight excluding hydrogens is 192 g/mol. The van der Waals surface area contributed by atoms with Gasteiger partial charge in [0.1, 0.15) is 11.8 Å². The van der Waals surface area contributed by atoms with E-state index in [1.807, 2.05) is 0 Å². The fourth-order valence-corrected chi connectivity index (χ4v) is 0.966. The number of carbonyl (C=O) groups excluding carboxylic acids is 1. The van der Waals surface area contributed by atoms with Crippen molar-refractivity contribution in [3.05, 3.63) is 34.3 Å². The van der Waals surface area contributed by atoms with E-state index in [-0.39, 0.29) is 16.4 Å². The van der Waals surface area contributed by atoms with Crippen molar-refractivity contribution in [2.24, 2.45) is 0 Å². The molecule has 5 heteroatoms. The van der Waals surface area contributed by atoms with Crippen LogP contribution in [0.3, 0.4) is 0 Å². The van der Waals surface area contributed by atoms with Gasteiger partial charge in [0.2, 0.25) is 0 Å². The number of hydrogen-bond donors (Lipinski definition) is 0. The Kier molecular flexibility index (Phi) is 2.83. The van der Waals surface area contributed by atoms with Crippen LogP contribution in [0.4, 0.5) is 5.82 Å². The summed E-state index contributed by atoms with van der Waals surface area (Å²) < 4.78 is 4.45. The minimum Gasteiger partial charge on any atom is -0.465 e. The largest absolute Gasteiger partial charge is 0.465 e. The summed E-state index contributed by atoms with van der Waals surface area (Å²) in [5.74, 6) is -0.410. The van der Waals surface area contributed by atoms with Gasteiger partial charge in [0.25, 0.3) is 5.82 Å². The lowest BCUT2D eigenvalue weighted by molar-refractivity contribution is 0.0600. The molecule has 0 aliphatic carbocycles. The number of ether oxygens (including phenoxy) is 1. The topological polar surface area (TPSA) is 43.5 Å². The van der Waals surface area contributed by atoms with Gasteiger partial charge < -0.3 is 9.58 Å². The van der Waals surface area contributed by atoms with Crippen LogP contribution >= 0.6 is 11.6 Å². The number of rotatable bonds is 1. The molecule has 0 bridgehead atoms. The lowest BCUT2D eigenvalue weighted by atomic mass is 10.3. The zero-order chi connectivity index (χ0) is 9.84. The van der Waals surface area contributed by atoms with E-state index in [0.717, 1.165) is 0 Å². The van der Waals surface area contributed by atoms with E-state index >= 15 is 0 Å². The Morgan fingerprint density at radius 1 is 1.77 bits per heavy atom. The van der Waals surface area contributed by atoms with Crippen LogP contribution in [0.15, 0.2) is 12.3 Å². The van der Waals surface area contributed by atoms with Crippen molar-refractivity contribution in [3.63, 3.8) is 0 Å². The van der Waals surface area contributed by atoms with Gasteiger partial charge in [-0.1, -0.05) is 18.2 Å². The third kappa shape index (κ3) is 1.95. The Morgan fingerprint density at radius 3 is 2.92 bits per heavy atom. The predicted molar refractivity (Wildman–Crippen MR) is 46.8 cm³/mol. The van der Waals surface area contributed by atoms with Crippen molar-refractivity contribution >= 4 is 23.4 Å². The fourth-order valence-electron chi connectivity index (χ4n) is 0.742. The SMILES string of the molecule is [C-]#[N+]c1cc(Cl)c(C(=O)OC)cn1. The Bertz CT molecular complexity index is 384. The Hall–Kier alpha value is -1.60. The van der Waals surface area contributed by atoms with Crippen molar-refractivity contribution < 1.29 is 9.53 Å². The fraction of sp³-hybridized carbons (Fsp3) is 0.125. The summed E-state index contributed by atoms with van der Waals surface area (Å²) in [5.41, 5.74) is 0.163. The molecule has 0 aromatic carbocycles. The number of pyridine rings is 1. The first-order chi connectivity index (χ1) is 6.19. The maximum atomic E-state index is 11.0. The van der Waals surface area contributed by atoms with Gasteiger partial charge in [-0.25, -0.2) is 4.79 Å². The minimum atomic E-state index is -0.561. The number of carbonyl (C=O) groups is 1. The highest BCUT2D eigenvalue weighted by Gasteiger charge is 2.12. The molecule has 0 fully saturated rings. The normalized spacial score (nSPS) is 9.00. The molecule has 13 heavy (non-hydrogen) atoms. The van der Waals surface area contributed by atoms with Crippen LogP contribution in [-0.2, 0) is 4.74 Å². The summed E-state index contributed by atoms with van der Waals surface area (Å²) in [4.78, 5) is 17.8. The van der Waals surface area contributed by atoms with Gasteiger partial charge in [0, 0.05) is 0 Å². The third-order valence-corrected chi connectivity index (χ3v) is 1.67. The first kappa shape index (κ1) is 9.49. The molecule has 66 valence electrons. The van der Waals surface area contributed by atoms with Crippen molar-refractivity contribution in [2.45, 2.75) is 0 Å². The molecule has 4 nitrogen and oxygen atoms in total. The van der Waals surface area contributed by atoms with Crippen LogP contribution in [0.1, 0.15) is 10.4 Å². The van der Waals surface area contributed by atoms with Crippen LogP contribution in [0.2, 0.25) is 5.02 Å². The standard InChI is InChI=1S/C8H5ClN2O2/c1-10-7-3-6(9)5(4-11-7)8(12)13-2/h3-4H,2H3. The van der Waals surface area contributed by atoms with Gasteiger partial charge in [0.15, 0.2) is 0 Å². The highest BCUT2D eigenvalue weighted by atomic mass is 35.5. The lowest BCUT2D eigenvalue weighted by Gasteiger charge is -1.99. The summed E-state index contributed by atoms with van der Waals surface area (Å²) in [7, 11) is 1.25. The molecule has 0 amide bonds. The molecule has 0 atom stereocenters. The van der Waals surface area contributed by atoms with E-state index in [1.54, 1.807) is 0 Å². The molecule has 0 spiro atoms. The van der Waals surface area contributed by atoms with E-state index in [0.29, 0.717) is 0 Å². The molecule has 0 aliphatic heterocycles. The van der Waals surface area contributed by atoms with E-state index < -0.39 is 5.97 Å². The molecule has 1 aromatic heterocycles. The van der Waals surface area contributed by atoms with Crippen LogP contribution < -0.4 is 0 Å². The molecular formula is C8H5ClN2O2. The zero-order valence-electron chi connectivity index (χ0n) is 6.74. The van der Waals surface area contributed by atoms with E-state index in [2.05, 4.69) is 14.6 Å². The predicted octanol–water partition coefficient (Wildman–Crippen LogP) is 2.07. The van der Waals surface area contributed by atoms with E-state index in [9.17, 15) is 4.79 Å². The second-order valence-electron chi connectivity index (χ2n) is 2.13. The van der Waals surface area contributed by atoms with Crippen LogP contribution in [-0.4, -0.2) is 18.1 Å². The average molecular weight is 197 g/mol.